The van der Waals surface area contributed by atoms with E-state index in [-0.39, 0.29) is 11.3 Å². The highest BCUT2D eigenvalue weighted by Gasteiger charge is 2.36. The van der Waals surface area contributed by atoms with Crippen LogP contribution < -0.4 is 4.74 Å². The predicted molar refractivity (Wildman–Crippen MR) is 84.0 cm³/mol. The van der Waals surface area contributed by atoms with Crippen molar-refractivity contribution in [2.75, 3.05) is 19.7 Å². The fourth-order valence-electron chi connectivity index (χ4n) is 2.67. The summed E-state index contributed by atoms with van der Waals surface area (Å²) in [5.41, 5.74) is 2.79. The van der Waals surface area contributed by atoms with Crippen molar-refractivity contribution < 1.29 is 14.6 Å². The summed E-state index contributed by atoms with van der Waals surface area (Å²) in [4.78, 5) is 12.3. The molecule has 1 aromatic rings. The molecule has 0 spiro atoms. The first kappa shape index (κ1) is 16.2. The Hall–Kier alpha value is -1.13. The first-order valence-electron chi connectivity index (χ1n) is 6.94. The summed E-state index contributed by atoms with van der Waals surface area (Å²) in [5.74, 6) is 0.868. The van der Waals surface area contributed by atoms with Crippen LogP contribution in [-0.4, -0.2) is 35.8 Å². The molecule has 1 saturated heterocycles. The summed E-state index contributed by atoms with van der Waals surface area (Å²) in [7, 11) is 0. The zero-order valence-electron chi connectivity index (χ0n) is 12.3. The molecule has 0 bridgehead atoms. The minimum atomic E-state index is -0.894. The minimum Gasteiger partial charge on any atom is -0.493 e. The number of rotatable bonds is 4. The molecule has 0 saturated carbocycles. The van der Waals surface area contributed by atoms with Gasteiger partial charge in [0.05, 0.1) is 12.0 Å². The number of benzene rings is 1. The molecule has 1 fully saturated rings. The number of halogens is 2. The van der Waals surface area contributed by atoms with Crippen LogP contribution in [0.15, 0.2) is 6.07 Å². The van der Waals surface area contributed by atoms with Gasteiger partial charge in [-0.05, 0) is 32.4 Å². The van der Waals surface area contributed by atoms with Gasteiger partial charge in [0.25, 0.3) is 0 Å². The van der Waals surface area contributed by atoms with E-state index < -0.39 is 6.09 Å². The van der Waals surface area contributed by atoms with Gasteiger partial charge in [-0.1, -0.05) is 11.6 Å². The number of alkyl halides is 1. The lowest BCUT2D eigenvalue weighted by molar-refractivity contribution is 0.104. The number of hydrogen-bond acceptors (Lipinski definition) is 2. The Morgan fingerprint density at radius 3 is 2.67 bits per heavy atom. The number of nitrogens with zero attached hydrogens (tertiary/aromatic N) is 1. The molecule has 1 aliphatic heterocycles. The van der Waals surface area contributed by atoms with Gasteiger partial charge in [0, 0.05) is 35.2 Å². The van der Waals surface area contributed by atoms with Gasteiger partial charge in [-0.3, -0.25) is 0 Å². The van der Waals surface area contributed by atoms with Crippen LogP contribution in [0.2, 0.25) is 5.02 Å². The number of carbonyl (C=O) groups is 1. The number of likely N-dealkylation sites (tertiary alicyclic amines) is 1. The van der Waals surface area contributed by atoms with E-state index in [9.17, 15) is 4.79 Å². The highest BCUT2D eigenvalue weighted by atomic mass is 35.5. The number of hydrogen-bond donors (Lipinski definition) is 1. The second kappa shape index (κ2) is 6.32. The van der Waals surface area contributed by atoms with E-state index in [1.807, 2.05) is 26.8 Å². The van der Waals surface area contributed by atoms with Crippen molar-refractivity contribution in [3.8, 4) is 5.75 Å². The van der Waals surface area contributed by atoms with Gasteiger partial charge in [0.2, 0.25) is 0 Å². The normalized spacial score (nSPS) is 16.5. The molecular weight excluding hydrogens is 313 g/mol. The van der Waals surface area contributed by atoms with Crippen LogP contribution in [0.1, 0.15) is 41.8 Å². The van der Waals surface area contributed by atoms with Crippen LogP contribution in [0, 0.1) is 6.92 Å². The Balaban J connectivity index is 2.45. The van der Waals surface area contributed by atoms with Crippen LogP contribution in [-0.2, 0) is 0 Å². The summed E-state index contributed by atoms with van der Waals surface area (Å²) in [6, 6.07) is 1.84. The van der Waals surface area contributed by atoms with Crippen molar-refractivity contribution in [1.29, 1.82) is 0 Å². The Kier molecular flexibility index (Phi) is 4.89. The third-order valence-corrected chi connectivity index (χ3v) is 4.46. The molecular formula is C15H19Cl2NO3. The van der Waals surface area contributed by atoms with E-state index in [0.29, 0.717) is 24.7 Å². The van der Waals surface area contributed by atoms with Crippen LogP contribution in [0.3, 0.4) is 0 Å². The molecule has 0 aliphatic carbocycles. The van der Waals surface area contributed by atoms with E-state index in [1.165, 1.54) is 4.90 Å². The summed E-state index contributed by atoms with van der Waals surface area (Å²) in [6.07, 6.45) is -0.894. The molecule has 6 heteroatoms. The predicted octanol–water partition coefficient (Wildman–Crippen LogP) is 4.42. The highest BCUT2D eigenvalue weighted by molar-refractivity contribution is 6.31. The van der Waals surface area contributed by atoms with Crippen molar-refractivity contribution in [3.63, 3.8) is 0 Å². The largest absolute Gasteiger partial charge is 0.493 e. The Labute approximate surface area is 134 Å². The topological polar surface area (TPSA) is 49.8 Å². The van der Waals surface area contributed by atoms with Crippen LogP contribution in [0.25, 0.3) is 0 Å². The second-order valence-corrected chi connectivity index (χ2v) is 6.31. The second-order valence-electron chi connectivity index (χ2n) is 5.25. The van der Waals surface area contributed by atoms with E-state index in [2.05, 4.69) is 0 Å². The maximum atomic E-state index is 10.9. The van der Waals surface area contributed by atoms with E-state index in [1.54, 1.807) is 0 Å². The third-order valence-electron chi connectivity index (χ3n) is 3.83. The van der Waals surface area contributed by atoms with Crippen LogP contribution in [0.4, 0.5) is 4.79 Å². The first-order chi connectivity index (χ1) is 9.86. The summed E-state index contributed by atoms with van der Waals surface area (Å²) in [5, 5.41) is 9.40. The first-order valence-corrected chi connectivity index (χ1v) is 7.75. The van der Waals surface area contributed by atoms with Crippen molar-refractivity contribution in [1.82, 2.24) is 4.90 Å². The van der Waals surface area contributed by atoms with Crippen molar-refractivity contribution in [3.05, 3.63) is 27.8 Å². The molecule has 1 aromatic carbocycles. The molecule has 1 unspecified atom stereocenters. The van der Waals surface area contributed by atoms with Crippen LogP contribution in [0.5, 0.6) is 5.75 Å². The zero-order chi connectivity index (χ0) is 15.7. The fourth-order valence-corrected chi connectivity index (χ4v) is 3.06. The molecule has 4 nitrogen and oxygen atoms in total. The lowest BCUT2D eigenvalue weighted by Crippen LogP contribution is -2.48. The quantitative estimate of drug-likeness (QED) is 0.830. The SMILES string of the molecule is CCOc1c(C(C)Cl)cc(Cl)c(C)c1C1CN(C(=O)O)C1. The third kappa shape index (κ3) is 3.06. The number of ether oxygens (including phenoxy) is 1. The monoisotopic (exact) mass is 331 g/mol. The van der Waals surface area contributed by atoms with Crippen molar-refractivity contribution >= 4 is 29.3 Å². The lowest BCUT2D eigenvalue weighted by atomic mass is 9.86. The van der Waals surface area contributed by atoms with Gasteiger partial charge in [-0.2, -0.15) is 0 Å². The molecule has 0 radical (unpaired) electrons. The average Bonchev–Trinajstić information content (AvgIpc) is 2.34. The van der Waals surface area contributed by atoms with E-state index >= 15 is 0 Å². The molecule has 1 atom stereocenters. The van der Waals surface area contributed by atoms with Gasteiger partial charge in [0.15, 0.2) is 0 Å². The Bertz CT molecular complexity index is 554. The molecule has 116 valence electrons. The maximum Gasteiger partial charge on any atom is 0.407 e. The Morgan fingerprint density at radius 2 is 2.19 bits per heavy atom. The molecule has 1 aliphatic rings. The summed E-state index contributed by atoms with van der Waals surface area (Å²) >= 11 is 12.6. The molecule has 21 heavy (non-hydrogen) atoms. The fraction of sp³-hybridized carbons (Fsp3) is 0.533. The molecule has 1 N–H and O–H groups in total. The van der Waals surface area contributed by atoms with Gasteiger partial charge in [-0.25, -0.2) is 4.79 Å². The zero-order valence-corrected chi connectivity index (χ0v) is 13.8. The number of amides is 1. The van der Waals surface area contributed by atoms with Gasteiger partial charge in [0.1, 0.15) is 5.75 Å². The minimum absolute atomic E-state index is 0.107. The van der Waals surface area contributed by atoms with Crippen molar-refractivity contribution in [2.45, 2.75) is 32.1 Å². The molecule has 2 rings (SSSR count). The summed E-state index contributed by atoms with van der Waals surface area (Å²) in [6.45, 7) is 7.19. The van der Waals surface area contributed by atoms with Gasteiger partial charge < -0.3 is 14.7 Å². The smallest absolute Gasteiger partial charge is 0.407 e. The van der Waals surface area contributed by atoms with Crippen molar-refractivity contribution in [2.24, 2.45) is 0 Å². The Morgan fingerprint density at radius 1 is 1.57 bits per heavy atom. The summed E-state index contributed by atoms with van der Waals surface area (Å²) < 4.78 is 5.81. The van der Waals surface area contributed by atoms with Crippen LogP contribution >= 0.6 is 23.2 Å². The standard InChI is InChI=1S/C15H19Cl2NO3/c1-4-21-14-11(9(3)16)5-12(17)8(2)13(14)10-6-18(7-10)15(19)20/h5,9-10H,4,6-7H2,1-3H3,(H,19,20). The molecule has 0 aromatic heterocycles. The van der Waals surface area contributed by atoms with Gasteiger partial charge in [-0.15, -0.1) is 11.6 Å². The maximum absolute atomic E-state index is 10.9. The molecule has 1 amide bonds. The van der Waals surface area contributed by atoms with E-state index in [4.69, 9.17) is 33.0 Å². The molecule has 1 heterocycles. The average molecular weight is 332 g/mol. The number of carboxylic acid groups (broad SMARTS) is 1. The lowest BCUT2D eigenvalue weighted by Gasteiger charge is -2.39. The highest BCUT2D eigenvalue weighted by Crippen LogP contribution is 2.44. The van der Waals surface area contributed by atoms with Gasteiger partial charge >= 0.3 is 6.09 Å². The van der Waals surface area contributed by atoms with E-state index in [0.717, 1.165) is 22.4 Å².